The van der Waals surface area contributed by atoms with Crippen molar-refractivity contribution in [2.75, 3.05) is 0 Å². The molecule has 0 bridgehead atoms. The Bertz CT molecular complexity index is 1360. The zero-order valence-electron chi connectivity index (χ0n) is 18.3. The van der Waals surface area contributed by atoms with Gasteiger partial charge in [-0.2, -0.15) is 9.71 Å². The first-order chi connectivity index (χ1) is 16.4. The minimum absolute atomic E-state index is 0.0267. The maximum Gasteiger partial charge on any atom is 0.322 e. The third kappa shape index (κ3) is 5.58. The number of aryl methyl sites for hydroxylation is 1. The smallest absolute Gasteiger partial charge is 0.322 e. The quantitative estimate of drug-likeness (QED) is 0.333. The molecule has 10 heteroatoms. The van der Waals surface area contributed by atoms with Crippen molar-refractivity contribution in [1.82, 2.24) is 14.9 Å². The van der Waals surface area contributed by atoms with E-state index >= 15 is 0 Å². The lowest BCUT2D eigenvalue weighted by Gasteiger charge is -2.14. The summed E-state index contributed by atoms with van der Waals surface area (Å²) in [4.78, 5) is 16.6. The Labute approximate surface area is 201 Å². The van der Waals surface area contributed by atoms with Crippen LogP contribution >= 0.6 is 11.3 Å². The first kappa shape index (κ1) is 23.8. The fourth-order valence-corrected chi connectivity index (χ4v) is 5.84. The summed E-state index contributed by atoms with van der Waals surface area (Å²) in [6.45, 7) is 2.12. The molecule has 176 valence electrons. The van der Waals surface area contributed by atoms with Crippen LogP contribution in [-0.4, -0.2) is 35.7 Å². The Kier molecular flexibility index (Phi) is 7.20. The van der Waals surface area contributed by atoms with Crippen molar-refractivity contribution in [2.45, 2.75) is 36.4 Å². The molecular formula is C24H23N3O5S2. The molecule has 0 radical (unpaired) electrons. The maximum absolute atomic E-state index is 12.9. The van der Waals surface area contributed by atoms with Crippen LogP contribution in [0.4, 0.5) is 0 Å². The highest BCUT2D eigenvalue weighted by molar-refractivity contribution is 7.91. The van der Waals surface area contributed by atoms with E-state index in [4.69, 9.17) is 4.52 Å². The molecule has 0 saturated heterocycles. The number of nitrogens with one attached hydrogen (secondary N) is 1. The molecule has 8 nitrogen and oxygen atoms in total. The molecule has 34 heavy (non-hydrogen) atoms. The fraction of sp³-hybridized carbons (Fsp3) is 0.208. The van der Waals surface area contributed by atoms with Crippen LogP contribution in [0.25, 0.3) is 22.2 Å². The van der Waals surface area contributed by atoms with Crippen LogP contribution in [0.3, 0.4) is 0 Å². The molecule has 2 aromatic carbocycles. The average Bonchev–Trinajstić information content (AvgIpc) is 3.50. The average molecular weight is 498 g/mol. The van der Waals surface area contributed by atoms with E-state index in [1.54, 1.807) is 30.3 Å². The van der Waals surface area contributed by atoms with Gasteiger partial charge in [-0.15, -0.1) is 11.3 Å². The van der Waals surface area contributed by atoms with E-state index in [9.17, 15) is 18.3 Å². The summed E-state index contributed by atoms with van der Waals surface area (Å²) in [6, 6.07) is 18.4. The molecular weight excluding hydrogens is 474 g/mol. The Morgan fingerprint density at radius 1 is 1.06 bits per heavy atom. The molecule has 0 spiro atoms. The summed E-state index contributed by atoms with van der Waals surface area (Å²) in [5.41, 5.74) is 2.71. The van der Waals surface area contributed by atoms with Gasteiger partial charge in [0, 0.05) is 5.56 Å². The number of aliphatic carboxylic acids is 1. The van der Waals surface area contributed by atoms with Crippen LogP contribution in [0.15, 0.2) is 75.5 Å². The lowest BCUT2D eigenvalue weighted by molar-refractivity contribution is -0.138. The van der Waals surface area contributed by atoms with E-state index in [0.717, 1.165) is 29.7 Å². The van der Waals surface area contributed by atoms with E-state index in [1.165, 1.54) is 11.6 Å². The molecule has 1 atom stereocenters. The molecule has 2 aromatic heterocycles. The predicted octanol–water partition coefficient (Wildman–Crippen LogP) is 4.39. The number of carboxylic acid groups (broad SMARTS) is 1. The number of thiophene rings is 1. The van der Waals surface area contributed by atoms with Crippen molar-refractivity contribution in [2.24, 2.45) is 0 Å². The Morgan fingerprint density at radius 3 is 2.47 bits per heavy atom. The van der Waals surface area contributed by atoms with Gasteiger partial charge >= 0.3 is 5.97 Å². The summed E-state index contributed by atoms with van der Waals surface area (Å²) in [6.07, 6.45) is 2.07. The Hall–Kier alpha value is -3.34. The topological polar surface area (TPSA) is 122 Å². The van der Waals surface area contributed by atoms with Gasteiger partial charge in [-0.05, 0) is 48.2 Å². The number of benzene rings is 2. The van der Waals surface area contributed by atoms with Crippen LogP contribution in [0.5, 0.6) is 0 Å². The van der Waals surface area contributed by atoms with Gasteiger partial charge in [0.25, 0.3) is 15.9 Å². The normalized spacial score (nSPS) is 12.5. The molecule has 2 heterocycles. The van der Waals surface area contributed by atoms with E-state index in [0.29, 0.717) is 16.3 Å². The van der Waals surface area contributed by atoms with E-state index in [2.05, 4.69) is 21.8 Å². The SMILES string of the molecule is CCCc1ccc(-c2nc(-c3ccc(S(=O)(=O)N[C@H](Cc4ccccc4)C(=O)O)s3)no2)cc1. The second-order valence-corrected chi connectivity index (χ2v) is 10.7. The van der Waals surface area contributed by atoms with Crippen LogP contribution in [0.2, 0.25) is 0 Å². The molecule has 4 aromatic rings. The predicted molar refractivity (Wildman–Crippen MR) is 129 cm³/mol. The van der Waals surface area contributed by atoms with Crippen molar-refractivity contribution in [1.29, 1.82) is 0 Å². The largest absolute Gasteiger partial charge is 0.480 e. The Morgan fingerprint density at radius 2 is 1.79 bits per heavy atom. The van der Waals surface area contributed by atoms with Crippen LogP contribution in [0, 0.1) is 0 Å². The van der Waals surface area contributed by atoms with Gasteiger partial charge < -0.3 is 9.63 Å². The number of nitrogens with zero attached hydrogens (tertiary/aromatic N) is 2. The molecule has 4 rings (SSSR count). The molecule has 0 fully saturated rings. The third-order valence-corrected chi connectivity index (χ3v) is 8.16. The minimum atomic E-state index is -4.07. The van der Waals surface area contributed by atoms with Crippen molar-refractivity contribution in [3.8, 4) is 22.2 Å². The number of sulfonamides is 1. The number of carbonyl (C=O) groups is 1. The van der Waals surface area contributed by atoms with Gasteiger partial charge in [0.1, 0.15) is 10.3 Å². The summed E-state index contributed by atoms with van der Waals surface area (Å²) < 4.78 is 33.4. The Balaban J connectivity index is 1.50. The van der Waals surface area contributed by atoms with E-state index < -0.39 is 22.0 Å². The number of aromatic nitrogens is 2. The minimum Gasteiger partial charge on any atom is -0.480 e. The van der Waals surface area contributed by atoms with Crippen LogP contribution in [-0.2, 0) is 27.7 Å². The first-order valence-electron chi connectivity index (χ1n) is 10.7. The molecule has 0 saturated carbocycles. The van der Waals surface area contributed by atoms with Crippen LogP contribution in [0.1, 0.15) is 24.5 Å². The van der Waals surface area contributed by atoms with Crippen molar-refractivity contribution >= 4 is 27.3 Å². The van der Waals surface area contributed by atoms with Gasteiger partial charge in [-0.1, -0.05) is 61.0 Å². The van der Waals surface area contributed by atoms with Crippen molar-refractivity contribution < 1.29 is 22.8 Å². The number of carboxylic acids is 1. The van der Waals surface area contributed by atoms with E-state index in [1.807, 2.05) is 30.3 Å². The lowest BCUT2D eigenvalue weighted by Crippen LogP contribution is -2.42. The number of hydrogen-bond acceptors (Lipinski definition) is 7. The number of hydrogen-bond donors (Lipinski definition) is 2. The fourth-order valence-electron chi connectivity index (χ4n) is 3.40. The monoisotopic (exact) mass is 497 g/mol. The first-order valence-corrected chi connectivity index (χ1v) is 13.0. The van der Waals surface area contributed by atoms with Crippen molar-refractivity contribution in [3.63, 3.8) is 0 Å². The molecule has 0 unspecified atom stereocenters. The van der Waals surface area contributed by atoms with Crippen molar-refractivity contribution in [3.05, 3.63) is 77.9 Å². The number of rotatable bonds is 10. The third-order valence-electron chi connectivity index (χ3n) is 5.11. The highest BCUT2D eigenvalue weighted by Gasteiger charge is 2.27. The highest BCUT2D eigenvalue weighted by atomic mass is 32.2. The van der Waals surface area contributed by atoms with Gasteiger partial charge in [0.15, 0.2) is 0 Å². The molecule has 0 aliphatic rings. The molecule has 0 aliphatic carbocycles. The summed E-state index contributed by atoms with van der Waals surface area (Å²) in [7, 11) is -4.07. The van der Waals surface area contributed by atoms with Gasteiger partial charge in [0.2, 0.25) is 5.82 Å². The van der Waals surface area contributed by atoms with Gasteiger partial charge in [-0.3, -0.25) is 4.79 Å². The summed E-state index contributed by atoms with van der Waals surface area (Å²) in [5, 5.41) is 13.5. The second kappa shape index (κ2) is 10.3. The zero-order chi connectivity index (χ0) is 24.1. The van der Waals surface area contributed by atoms with Crippen LogP contribution < -0.4 is 4.72 Å². The summed E-state index contributed by atoms with van der Waals surface area (Å²) >= 11 is 0.942. The summed E-state index contributed by atoms with van der Waals surface area (Å²) in [5.74, 6) is -0.655. The van der Waals surface area contributed by atoms with Gasteiger partial charge in [-0.25, -0.2) is 8.42 Å². The second-order valence-electron chi connectivity index (χ2n) is 7.69. The zero-order valence-corrected chi connectivity index (χ0v) is 20.0. The van der Waals surface area contributed by atoms with Gasteiger partial charge in [0.05, 0.1) is 4.88 Å². The standard InChI is InChI=1S/C24H23N3O5S2/c1-2-6-16-9-11-18(12-10-16)23-25-22(26-32-23)20-13-14-21(33-20)34(30,31)27-19(24(28)29)15-17-7-4-3-5-8-17/h3-5,7-14,19,27H,2,6,15H2,1H3,(H,28,29)/t19-/m1/s1. The van der Waals surface area contributed by atoms with E-state index in [-0.39, 0.29) is 16.5 Å². The lowest BCUT2D eigenvalue weighted by atomic mass is 10.1. The molecule has 0 amide bonds. The maximum atomic E-state index is 12.9. The molecule has 2 N–H and O–H groups in total. The molecule has 0 aliphatic heterocycles. The highest BCUT2D eigenvalue weighted by Crippen LogP contribution is 2.30.